The van der Waals surface area contributed by atoms with Gasteiger partial charge < -0.3 is 9.64 Å². The Morgan fingerprint density at radius 2 is 1.83 bits per heavy atom. The van der Waals surface area contributed by atoms with Gasteiger partial charge in [-0.2, -0.15) is 9.61 Å². The van der Waals surface area contributed by atoms with E-state index in [1.165, 1.54) is 28.0 Å². The van der Waals surface area contributed by atoms with Crippen LogP contribution in [0.15, 0.2) is 59.4 Å². The molecule has 2 aromatic heterocycles. The zero-order valence-electron chi connectivity index (χ0n) is 19.2. The molecule has 0 saturated carbocycles. The Labute approximate surface area is 205 Å². The molecule has 1 saturated heterocycles. The lowest BCUT2D eigenvalue weighted by Gasteiger charge is -2.34. The Morgan fingerprint density at radius 1 is 1.09 bits per heavy atom. The third-order valence-electron chi connectivity index (χ3n) is 5.90. The summed E-state index contributed by atoms with van der Waals surface area (Å²) in [7, 11) is 0. The normalized spacial score (nSPS) is 14.4. The molecule has 8 nitrogen and oxygen atoms in total. The minimum absolute atomic E-state index is 0.00771. The topological polar surface area (TPSA) is 80.0 Å². The minimum Gasteiger partial charge on any atom is -0.484 e. The van der Waals surface area contributed by atoms with Crippen molar-refractivity contribution in [3.05, 3.63) is 82.0 Å². The second-order valence-electron chi connectivity index (χ2n) is 8.43. The fourth-order valence-electron chi connectivity index (χ4n) is 3.94. The van der Waals surface area contributed by atoms with Crippen molar-refractivity contribution in [3.8, 4) is 16.3 Å². The molecule has 0 radical (unpaired) electrons. The molecule has 0 aliphatic carbocycles. The maximum Gasteiger partial charge on any atom is 0.275 e. The van der Waals surface area contributed by atoms with Crippen LogP contribution in [0.1, 0.15) is 11.3 Å². The van der Waals surface area contributed by atoms with E-state index in [1.54, 1.807) is 23.1 Å². The second kappa shape index (κ2) is 9.93. The molecule has 0 atom stereocenters. The smallest absolute Gasteiger partial charge is 0.275 e. The lowest BCUT2D eigenvalue weighted by molar-refractivity contribution is -0.135. The summed E-state index contributed by atoms with van der Waals surface area (Å²) in [4.78, 5) is 34.1. The van der Waals surface area contributed by atoms with Crippen LogP contribution in [-0.2, 0) is 11.3 Å². The highest BCUT2D eigenvalue weighted by Gasteiger charge is 2.22. The van der Waals surface area contributed by atoms with E-state index in [0.29, 0.717) is 59.7 Å². The number of ether oxygens (including phenoxy) is 1. The first-order chi connectivity index (χ1) is 17.0. The average Bonchev–Trinajstić information content (AvgIpc) is 3.29. The van der Waals surface area contributed by atoms with E-state index in [-0.39, 0.29) is 18.1 Å². The molecule has 4 aromatic rings. The van der Waals surface area contributed by atoms with Gasteiger partial charge in [0.1, 0.15) is 11.6 Å². The van der Waals surface area contributed by atoms with Crippen LogP contribution in [0, 0.1) is 12.7 Å². The molecule has 1 amide bonds. The van der Waals surface area contributed by atoms with Crippen LogP contribution in [0.25, 0.3) is 15.5 Å². The van der Waals surface area contributed by atoms with Gasteiger partial charge in [-0.25, -0.2) is 9.37 Å². The molecule has 1 aliphatic rings. The number of amides is 1. The highest BCUT2D eigenvalue weighted by molar-refractivity contribution is 7.19. The molecule has 0 N–H and O–H groups in total. The monoisotopic (exact) mass is 493 g/mol. The van der Waals surface area contributed by atoms with Gasteiger partial charge in [-0.05, 0) is 31.2 Å². The third kappa shape index (κ3) is 5.23. The van der Waals surface area contributed by atoms with E-state index in [9.17, 15) is 14.0 Å². The third-order valence-corrected chi connectivity index (χ3v) is 6.84. The van der Waals surface area contributed by atoms with Gasteiger partial charge in [0.25, 0.3) is 11.5 Å². The lowest BCUT2D eigenvalue weighted by atomic mass is 10.2. The van der Waals surface area contributed by atoms with Crippen LogP contribution in [0.2, 0.25) is 0 Å². The number of piperazine rings is 1. The number of benzene rings is 2. The highest BCUT2D eigenvalue weighted by Crippen LogP contribution is 2.26. The maximum absolute atomic E-state index is 14.1. The van der Waals surface area contributed by atoms with Crippen LogP contribution < -0.4 is 10.3 Å². The predicted octanol–water partition coefficient (Wildman–Crippen LogP) is 2.99. The lowest BCUT2D eigenvalue weighted by Crippen LogP contribution is -2.49. The summed E-state index contributed by atoms with van der Waals surface area (Å²) in [5.41, 5.74) is 1.81. The van der Waals surface area contributed by atoms with Gasteiger partial charge in [-0.15, -0.1) is 0 Å². The van der Waals surface area contributed by atoms with Gasteiger partial charge in [0.2, 0.25) is 4.96 Å². The van der Waals surface area contributed by atoms with E-state index in [1.807, 2.05) is 31.2 Å². The van der Waals surface area contributed by atoms with Crippen molar-refractivity contribution in [2.45, 2.75) is 13.5 Å². The molecule has 2 aromatic carbocycles. The zero-order chi connectivity index (χ0) is 24.4. The number of carbonyl (C=O) groups is 1. The number of nitrogens with zero attached hydrogens (tertiary/aromatic N) is 5. The first-order valence-corrected chi connectivity index (χ1v) is 12.1. The molecule has 0 spiro atoms. The minimum atomic E-state index is -0.392. The number of hydrogen-bond donors (Lipinski definition) is 0. The number of carbonyl (C=O) groups excluding carboxylic acids is 1. The summed E-state index contributed by atoms with van der Waals surface area (Å²) in [6.07, 6.45) is 0. The van der Waals surface area contributed by atoms with Crippen LogP contribution >= 0.6 is 11.3 Å². The Morgan fingerprint density at radius 3 is 2.57 bits per heavy atom. The van der Waals surface area contributed by atoms with Gasteiger partial charge in [0, 0.05) is 44.4 Å². The van der Waals surface area contributed by atoms with Gasteiger partial charge in [-0.1, -0.05) is 41.2 Å². The number of rotatable bonds is 6. The molecule has 10 heteroatoms. The summed E-state index contributed by atoms with van der Waals surface area (Å²) >= 11 is 1.18. The fourth-order valence-corrected chi connectivity index (χ4v) is 4.89. The molecular weight excluding hydrogens is 469 g/mol. The Balaban J connectivity index is 1.19. The number of aryl methyl sites for hydroxylation is 1. The van der Waals surface area contributed by atoms with Crippen molar-refractivity contribution in [1.82, 2.24) is 24.4 Å². The second-order valence-corrected chi connectivity index (χ2v) is 9.38. The number of halogens is 1. The molecule has 180 valence electrons. The van der Waals surface area contributed by atoms with Crippen molar-refractivity contribution < 1.29 is 13.9 Å². The highest BCUT2D eigenvalue weighted by atomic mass is 32.1. The Kier molecular flexibility index (Phi) is 6.56. The maximum atomic E-state index is 14.1. The van der Waals surface area contributed by atoms with Crippen molar-refractivity contribution >= 4 is 22.2 Å². The van der Waals surface area contributed by atoms with Gasteiger partial charge in [0.05, 0.1) is 5.69 Å². The van der Waals surface area contributed by atoms with Crippen molar-refractivity contribution in [2.75, 3.05) is 32.8 Å². The summed E-state index contributed by atoms with van der Waals surface area (Å²) in [6.45, 7) is 4.99. The Hall–Kier alpha value is -3.63. The average molecular weight is 494 g/mol. The van der Waals surface area contributed by atoms with Crippen molar-refractivity contribution in [1.29, 1.82) is 0 Å². The molecule has 5 rings (SSSR count). The van der Waals surface area contributed by atoms with Gasteiger partial charge >= 0.3 is 0 Å². The van der Waals surface area contributed by atoms with E-state index in [2.05, 4.69) is 15.0 Å². The zero-order valence-corrected chi connectivity index (χ0v) is 20.0. The first kappa shape index (κ1) is 23.1. The van der Waals surface area contributed by atoms with E-state index in [0.717, 1.165) is 5.56 Å². The van der Waals surface area contributed by atoms with Crippen molar-refractivity contribution in [2.24, 2.45) is 0 Å². The van der Waals surface area contributed by atoms with Gasteiger partial charge in [0.15, 0.2) is 11.6 Å². The molecule has 0 bridgehead atoms. The van der Waals surface area contributed by atoms with E-state index in [4.69, 9.17) is 4.74 Å². The van der Waals surface area contributed by atoms with Gasteiger partial charge in [-0.3, -0.25) is 14.5 Å². The van der Waals surface area contributed by atoms with Crippen LogP contribution in [-0.4, -0.2) is 63.1 Å². The summed E-state index contributed by atoms with van der Waals surface area (Å²) in [5.74, 6) is 0.237. The standard InChI is InChI=1S/C25H24FN5O3S/c1-17-6-8-19(9-7-17)34-16-23(33)30-12-10-29(11-13-30)15-18-14-22(32)31-25(27-18)35-24(28-31)20-4-2-3-5-21(20)26/h2-9,14H,10-13,15-16H2,1H3. The first-order valence-electron chi connectivity index (χ1n) is 11.3. The van der Waals surface area contributed by atoms with Crippen LogP contribution in [0.5, 0.6) is 5.75 Å². The van der Waals surface area contributed by atoms with Crippen LogP contribution in [0.3, 0.4) is 0 Å². The molecule has 0 unspecified atom stereocenters. The summed E-state index contributed by atoms with van der Waals surface area (Å²) in [5, 5.41) is 4.66. The van der Waals surface area contributed by atoms with E-state index >= 15 is 0 Å². The summed E-state index contributed by atoms with van der Waals surface area (Å²) < 4.78 is 21.0. The van der Waals surface area contributed by atoms with Crippen molar-refractivity contribution in [3.63, 3.8) is 0 Å². The van der Waals surface area contributed by atoms with E-state index < -0.39 is 5.82 Å². The quantitative estimate of drug-likeness (QED) is 0.411. The largest absolute Gasteiger partial charge is 0.484 e. The van der Waals surface area contributed by atoms with Crippen LogP contribution in [0.4, 0.5) is 4.39 Å². The molecule has 1 aliphatic heterocycles. The molecule has 3 heterocycles. The molecular formula is C25H24FN5O3S. The summed E-state index contributed by atoms with van der Waals surface area (Å²) in [6, 6.07) is 15.4. The molecule has 1 fully saturated rings. The fraction of sp³-hybridized carbons (Fsp3) is 0.280. The number of fused-ring (bicyclic) bond motifs is 1. The number of aromatic nitrogens is 3. The number of hydrogen-bond acceptors (Lipinski definition) is 7. The Bertz CT molecular complexity index is 1410. The molecule has 35 heavy (non-hydrogen) atoms. The predicted molar refractivity (Wildman–Crippen MR) is 131 cm³/mol. The SMILES string of the molecule is Cc1ccc(OCC(=O)N2CCN(Cc3cc(=O)n4nc(-c5ccccc5F)sc4n3)CC2)cc1.